The molecule has 0 bridgehead atoms. The van der Waals surface area contributed by atoms with Crippen molar-refractivity contribution < 1.29 is 36.1 Å². The number of nitrogens with one attached hydrogen (secondary N) is 2. The largest absolute Gasteiger partial charge is 0.743 e. The lowest BCUT2D eigenvalue weighted by Gasteiger charge is -2.20. The predicted molar refractivity (Wildman–Crippen MR) is 91.3 cm³/mol. The summed E-state index contributed by atoms with van der Waals surface area (Å²) in [4.78, 5) is 23.2. The van der Waals surface area contributed by atoms with Crippen molar-refractivity contribution in [3.63, 3.8) is 0 Å². The third-order valence-electron chi connectivity index (χ3n) is 2.62. The molecule has 25 heavy (non-hydrogen) atoms. The van der Waals surface area contributed by atoms with Gasteiger partial charge < -0.3 is 14.6 Å². The molecule has 138 valence electrons. The number of rotatable bonds is 7. The summed E-state index contributed by atoms with van der Waals surface area (Å²) in [6, 6.07) is 3.81. The molecule has 0 saturated heterocycles. The van der Waals surface area contributed by atoms with E-state index in [1.165, 1.54) is 24.3 Å². The third-order valence-corrected chi connectivity index (χ3v) is 4.39. The zero-order chi connectivity index (χ0) is 19.3. The summed E-state index contributed by atoms with van der Waals surface area (Å²) < 4.78 is 62.2. The van der Waals surface area contributed by atoms with Crippen LogP contribution in [0.25, 0.3) is 0 Å². The number of amides is 2. The van der Waals surface area contributed by atoms with E-state index in [0.717, 1.165) is 0 Å². The first-order chi connectivity index (χ1) is 11.5. The second-order valence-corrected chi connectivity index (χ2v) is 7.15. The molecule has 2 N–H and O–H groups in total. The molecule has 2 amide bonds. The van der Waals surface area contributed by atoms with Gasteiger partial charge in [-0.25, -0.2) is 13.2 Å². The van der Waals surface area contributed by atoms with E-state index in [1.54, 1.807) is 27.9 Å². The quantitative estimate of drug-likeness (QED) is 0.343. The van der Waals surface area contributed by atoms with Crippen LogP contribution < -0.4 is 10.6 Å². The molecule has 0 unspecified atom stereocenters. The van der Waals surface area contributed by atoms with Crippen LogP contribution in [-0.4, -0.2) is 43.4 Å². The SMILES string of the molecule is C=CCOC(=O)Nc1ccc(C(=O)NCC(F)(F)S(=O)(=O)[O-])cc1I. The van der Waals surface area contributed by atoms with Crippen LogP contribution in [0.4, 0.5) is 19.3 Å². The first kappa shape index (κ1) is 21.2. The number of hydrogen-bond acceptors (Lipinski definition) is 6. The van der Waals surface area contributed by atoms with Gasteiger partial charge in [-0.3, -0.25) is 10.1 Å². The molecular weight excluding hydrogens is 477 g/mol. The summed E-state index contributed by atoms with van der Waals surface area (Å²) in [5.41, 5.74) is 0.229. The number of benzene rings is 1. The topological polar surface area (TPSA) is 125 Å². The molecule has 1 aromatic rings. The number of carbonyl (C=O) groups excluding carboxylic acids is 2. The molecule has 0 fully saturated rings. The van der Waals surface area contributed by atoms with Gasteiger partial charge in [-0.05, 0) is 40.8 Å². The van der Waals surface area contributed by atoms with E-state index in [0.29, 0.717) is 9.26 Å². The Morgan fingerprint density at radius 2 is 2.04 bits per heavy atom. The molecule has 0 aliphatic heterocycles. The summed E-state index contributed by atoms with van der Waals surface area (Å²) in [5, 5.41) is -0.554. The standard InChI is InChI=1S/C13H13F2IN2O6S/c1-2-5-24-12(20)18-10-4-3-8(6-9(10)16)11(19)17-7-13(14,15)25(21,22)23/h2-4,6H,1,5,7H2,(H,17,19)(H,18,20)(H,21,22,23)/p-1. The molecular formula is C13H12F2IN2O6S-. The summed E-state index contributed by atoms with van der Waals surface area (Å²) in [6.07, 6.45) is 0.617. The molecule has 12 heteroatoms. The number of halogens is 3. The minimum atomic E-state index is -5.88. The minimum absolute atomic E-state index is 0.000262. The molecule has 0 aliphatic rings. The second kappa shape index (κ2) is 8.53. The predicted octanol–water partition coefficient (Wildman–Crippen LogP) is 1.89. The van der Waals surface area contributed by atoms with Gasteiger partial charge in [0.25, 0.3) is 5.91 Å². The number of anilines is 1. The van der Waals surface area contributed by atoms with E-state index in [-0.39, 0.29) is 12.2 Å². The minimum Gasteiger partial charge on any atom is -0.743 e. The smallest absolute Gasteiger partial charge is 0.411 e. The van der Waals surface area contributed by atoms with Gasteiger partial charge in [0.05, 0.1) is 12.2 Å². The van der Waals surface area contributed by atoms with Gasteiger partial charge >= 0.3 is 11.3 Å². The van der Waals surface area contributed by atoms with Crippen molar-refractivity contribution >= 4 is 50.4 Å². The van der Waals surface area contributed by atoms with E-state index in [4.69, 9.17) is 4.74 Å². The zero-order valence-electron chi connectivity index (χ0n) is 12.4. The average Bonchev–Trinajstić information content (AvgIpc) is 2.51. The summed E-state index contributed by atoms with van der Waals surface area (Å²) >= 11 is 1.78. The van der Waals surface area contributed by atoms with Crippen molar-refractivity contribution in [1.29, 1.82) is 0 Å². The first-order valence-corrected chi connectivity index (χ1v) is 8.92. The Kier molecular flexibility index (Phi) is 7.25. The molecule has 0 heterocycles. The van der Waals surface area contributed by atoms with E-state index in [9.17, 15) is 31.3 Å². The molecule has 0 aromatic heterocycles. The van der Waals surface area contributed by atoms with Gasteiger partial charge in [-0.1, -0.05) is 12.7 Å². The van der Waals surface area contributed by atoms with Crippen LogP contribution in [0.15, 0.2) is 30.9 Å². The lowest BCUT2D eigenvalue weighted by molar-refractivity contribution is 0.0692. The fourth-order valence-electron chi connectivity index (χ4n) is 1.41. The van der Waals surface area contributed by atoms with Crippen LogP contribution >= 0.6 is 22.6 Å². The van der Waals surface area contributed by atoms with Crippen LogP contribution in [-0.2, 0) is 14.9 Å². The van der Waals surface area contributed by atoms with E-state index >= 15 is 0 Å². The Labute approximate surface area is 155 Å². The van der Waals surface area contributed by atoms with Crippen molar-refractivity contribution in [2.24, 2.45) is 0 Å². The third kappa shape index (κ3) is 6.21. The van der Waals surface area contributed by atoms with Crippen molar-refractivity contribution in [3.8, 4) is 0 Å². The number of ether oxygens (including phenoxy) is 1. The molecule has 0 saturated carbocycles. The Balaban J connectivity index is 2.77. The highest BCUT2D eigenvalue weighted by atomic mass is 127. The Hall–Kier alpha value is -1.80. The van der Waals surface area contributed by atoms with Crippen LogP contribution in [0, 0.1) is 3.57 Å². The first-order valence-electron chi connectivity index (χ1n) is 6.43. The summed E-state index contributed by atoms with van der Waals surface area (Å²) in [7, 11) is -5.88. The van der Waals surface area contributed by atoms with Crippen molar-refractivity contribution in [1.82, 2.24) is 5.32 Å². The zero-order valence-corrected chi connectivity index (χ0v) is 15.4. The van der Waals surface area contributed by atoms with Crippen molar-refractivity contribution in [2.75, 3.05) is 18.5 Å². The van der Waals surface area contributed by atoms with Crippen LogP contribution in [0.2, 0.25) is 0 Å². The molecule has 0 radical (unpaired) electrons. The van der Waals surface area contributed by atoms with E-state index < -0.39 is 33.9 Å². The molecule has 0 spiro atoms. The van der Waals surface area contributed by atoms with Gasteiger partial charge in [0, 0.05) is 9.13 Å². The van der Waals surface area contributed by atoms with Crippen LogP contribution in [0.1, 0.15) is 10.4 Å². The number of carbonyl (C=O) groups is 2. The summed E-state index contributed by atoms with van der Waals surface area (Å²) in [6.45, 7) is 1.73. The molecule has 8 nitrogen and oxygen atoms in total. The second-order valence-electron chi connectivity index (χ2n) is 4.48. The Morgan fingerprint density at radius 3 is 2.56 bits per heavy atom. The maximum atomic E-state index is 13.0. The van der Waals surface area contributed by atoms with Gasteiger partial charge in [0.15, 0.2) is 10.1 Å². The van der Waals surface area contributed by atoms with Crippen LogP contribution in [0.3, 0.4) is 0 Å². The van der Waals surface area contributed by atoms with E-state index in [2.05, 4.69) is 11.9 Å². The van der Waals surface area contributed by atoms with Gasteiger partial charge in [0.1, 0.15) is 6.61 Å². The fraction of sp³-hybridized carbons (Fsp3) is 0.231. The highest BCUT2D eigenvalue weighted by Gasteiger charge is 2.37. The van der Waals surface area contributed by atoms with Crippen molar-refractivity contribution in [2.45, 2.75) is 5.25 Å². The highest BCUT2D eigenvalue weighted by molar-refractivity contribution is 14.1. The molecule has 1 rings (SSSR count). The van der Waals surface area contributed by atoms with E-state index in [1.807, 2.05) is 0 Å². The maximum absolute atomic E-state index is 13.0. The number of hydrogen-bond donors (Lipinski definition) is 2. The Bertz CT molecular complexity index is 785. The van der Waals surface area contributed by atoms with Gasteiger partial charge in [-0.15, -0.1) is 0 Å². The lowest BCUT2D eigenvalue weighted by Crippen LogP contribution is -2.42. The van der Waals surface area contributed by atoms with Gasteiger partial charge in [0.2, 0.25) is 0 Å². The average molecular weight is 489 g/mol. The molecule has 0 atom stereocenters. The highest BCUT2D eigenvalue weighted by Crippen LogP contribution is 2.21. The molecule has 0 aliphatic carbocycles. The van der Waals surface area contributed by atoms with Gasteiger partial charge in [-0.2, -0.15) is 8.78 Å². The van der Waals surface area contributed by atoms with Crippen molar-refractivity contribution in [3.05, 3.63) is 40.0 Å². The normalized spacial score (nSPS) is 11.5. The lowest BCUT2D eigenvalue weighted by atomic mass is 10.2. The summed E-state index contributed by atoms with van der Waals surface area (Å²) in [5.74, 6) is -1.01. The molecule has 1 aromatic carbocycles. The Morgan fingerprint density at radius 1 is 1.40 bits per heavy atom. The maximum Gasteiger partial charge on any atom is 0.411 e. The number of alkyl halides is 2. The van der Waals surface area contributed by atoms with Crippen LogP contribution in [0.5, 0.6) is 0 Å². The fourth-order valence-corrected chi connectivity index (χ4v) is 2.31. The monoisotopic (exact) mass is 489 g/mol.